The van der Waals surface area contributed by atoms with Crippen LogP contribution in [0.5, 0.6) is 0 Å². The fraction of sp³-hybridized carbons (Fsp3) is 0.0526. The van der Waals surface area contributed by atoms with Crippen molar-refractivity contribution >= 4 is 18.1 Å². The van der Waals surface area contributed by atoms with E-state index >= 15 is 0 Å². The van der Waals surface area contributed by atoms with Crippen LogP contribution in [0, 0.1) is 6.92 Å². The molecule has 0 saturated heterocycles. The van der Waals surface area contributed by atoms with E-state index in [9.17, 15) is 9.59 Å². The third-order valence-corrected chi connectivity index (χ3v) is 3.55. The molecular formula is C19H15N3O4. The molecule has 130 valence electrons. The highest BCUT2D eigenvalue weighted by molar-refractivity contribution is 5.94. The average molecular weight is 349 g/mol. The van der Waals surface area contributed by atoms with Crippen LogP contribution in [0.4, 0.5) is 0 Å². The van der Waals surface area contributed by atoms with Crippen LogP contribution in [0.25, 0.3) is 11.3 Å². The Morgan fingerprint density at radius 2 is 2.00 bits per heavy atom. The number of aromatic carboxylic acids is 1. The van der Waals surface area contributed by atoms with Crippen molar-refractivity contribution in [2.24, 2.45) is 5.10 Å². The largest absolute Gasteiger partial charge is 0.478 e. The van der Waals surface area contributed by atoms with E-state index in [1.54, 1.807) is 36.4 Å². The summed E-state index contributed by atoms with van der Waals surface area (Å²) >= 11 is 0. The summed E-state index contributed by atoms with van der Waals surface area (Å²) < 4.78 is 5.60. The van der Waals surface area contributed by atoms with E-state index in [4.69, 9.17) is 9.52 Å². The Labute approximate surface area is 149 Å². The van der Waals surface area contributed by atoms with Crippen molar-refractivity contribution in [2.45, 2.75) is 6.92 Å². The van der Waals surface area contributed by atoms with E-state index in [1.165, 1.54) is 24.5 Å². The minimum atomic E-state index is -1.01. The van der Waals surface area contributed by atoms with Gasteiger partial charge in [-0.25, -0.2) is 10.2 Å². The lowest BCUT2D eigenvalue weighted by atomic mass is 10.1. The molecule has 0 saturated carbocycles. The SMILES string of the molecule is Cc1ccc(C(=O)N/N=C\c2ccc(-c3cccc(C(=O)O)c3)o2)cn1. The highest BCUT2D eigenvalue weighted by Gasteiger charge is 2.08. The first kappa shape index (κ1) is 17.1. The number of amides is 1. The van der Waals surface area contributed by atoms with E-state index in [0.717, 1.165) is 5.69 Å². The molecule has 0 aliphatic heterocycles. The number of rotatable bonds is 5. The molecule has 0 aliphatic carbocycles. The molecule has 0 aliphatic rings. The number of benzene rings is 1. The maximum absolute atomic E-state index is 11.9. The quantitative estimate of drug-likeness (QED) is 0.544. The monoisotopic (exact) mass is 349 g/mol. The maximum atomic E-state index is 11.9. The van der Waals surface area contributed by atoms with Crippen LogP contribution in [-0.2, 0) is 0 Å². The van der Waals surface area contributed by atoms with Gasteiger partial charge in [0.25, 0.3) is 5.91 Å². The smallest absolute Gasteiger partial charge is 0.335 e. The number of furan rings is 1. The number of nitrogens with zero attached hydrogens (tertiary/aromatic N) is 2. The predicted octanol–water partition coefficient (Wildman–Crippen LogP) is 3.11. The van der Waals surface area contributed by atoms with Gasteiger partial charge in [0.2, 0.25) is 0 Å². The second-order valence-corrected chi connectivity index (χ2v) is 5.48. The first-order valence-corrected chi connectivity index (χ1v) is 7.72. The number of carbonyl (C=O) groups is 2. The predicted molar refractivity (Wildman–Crippen MR) is 95.1 cm³/mol. The van der Waals surface area contributed by atoms with Gasteiger partial charge in [-0.2, -0.15) is 5.10 Å². The number of carboxylic acids is 1. The molecular weight excluding hydrogens is 334 g/mol. The van der Waals surface area contributed by atoms with E-state index in [1.807, 2.05) is 6.92 Å². The highest BCUT2D eigenvalue weighted by Crippen LogP contribution is 2.22. The molecule has 3 aromatic rings. The number of nitrogens with one attached hydrogen (secondary N) is 1. The summed E-state index contributed by atoms with van der Waals surface area (Å²) in [6, 6.07) is 13.2. The van der Waals surface area contributed by atoms with Gasteiger partial charge in [0.1, 0.15) is 11.5 Å². The molecule has 0 unspecified atom stereocenters. The van der Waals surface area contributed by atoms with Gasteiger partial charge in [-0.15, -0.1) is 0 Å². The van der Waals surface area contributed by atoms with Gasteiger partial charge >= 0.3 is 5.97 Å². The Hall–Kier alpha value is -3.74. The molecule has 0 fully saturated rings. The zero-order valence-electron chi connectivity index (χ0n) is 13.8. The molecule has 1 aromatic carbocycles. The third-order valence-electron chi connectivity index (χ3n) is 3.55. The molecule has 0 radical (unpaired) electrons. The molecule has 2 N–H and O–H groups in total. The van der Waals surface area contributed by atoms with Crippen molar-refractivity contribution in [2.75, 3.05) is 0 Å². The number of hydrazone groups is 1. The first-order chi connectivity index (χ1) is 12.5. The van der Waals surface area contributed by atoms with Crippen molar-refractivity contribution in [3.05, 3.63) is 77.3 Å². The van der Waals surface area contributed by atoms with Gasteiger partial charge in [-0.05, 0) is 43.3 Å². The summed E-state index contributed by atoms with van der Waals surface area (Å²) in [4.78, 5) is 27.0. The molecule has 1 amide bonds. The van der Waals surface area contributed by atoms with Gasteiger partial charge in [0.15, 0.2) is 0 Å². The second-order valence-electron chi connectivity index (χ2n) is 5.48. The Balaban J connectivity index is 1.67. The number of carboxylic acid groups (broad SMARTS) is 1. The van der Waals surface area contributed by atoms with E-state index in [0.29, 0.717) is 22.6 Å². The van der Waals surface area contributed by atoms with Crippen molar-refractivity contribution in [3.8, 4) is 11.3 Å². The standard InChI is InChI=1S/C19H15N3O4/c1-12-5-6-15(10-20-12)18(23)22-21-11-16-7-8-17(26-16)13-3-2-4-14(9-13)19(24)25/h2-11H,1H3,(H,22,23)(H,24,25)/b21-11-. The van der Waals surface area contributed by atoms with E-state index in [-0.39, 0.29) is 11.5 Å². The minimum Gasteiger partial charge on any atom is -0.478 e. The zero-order valence-corrected chi connectivity index (χ0v) is 13.8. The van der Waals surface area contributed by atoms with Crippen molar-refractivity contribution in [3.63, 3.8) is 0 Å². The molecule has 7 nitrogen and oxygen atoms in total. The second kappa shape index (κ2) is 7.43. The Morgan fingerprint density at radius 3 is 2.73 bits per heavy atom. The lowest BCUT2D eigenvalue weighted by Gasteiger charge is -1.99. The number of hydrogen-bond acceptors (Lipinski definition) is 5. The fourth-order valence-corrected chi connectivity index (χ4v) is 2.20. The minimum absolute atomic E-state index is 0.174. The summed E-state index contributed by atoms with van der Waals surface area (Å²) in [5.74, 6) is -0.463. The van der Waals surface area contributed by atoms with Crippen LogP contribution >= 0.6 is 0 Å². The number of hydrogen-bond donors (Lipinski definition) is 2. The van der Waals surface area contributed by atoms with Crippen LogP contribution < -0.4 is 5.43 Å². The van der Waals surface area contributed by atoms with Gasteiger partial charge in [0, 0.05) is 17.5 Å². The Kier molecular flexibility index (Phi) is 4.89. The third kappa shape index (κ3) is 4.02. The van der Waals surface area contributed by atoms with Gasteiger partial charge < -0.3 is 9.52 Å². The molecule has 3 rings (SSSR count). The van der Waals surface area contributed by atoms with Crippen molar-refractivity contribution < 1.29 is 19.1 Å². The molecule has 0 spiro atoms. The fourth-order valence-electron chi connectivity index (χ4n) is 2.20. The first-order valence-electron chi connectivity index (χ1n) is 7.72. The average Bonchev–Trinajstić information content (AvgIpc) is 3.11. The van der Waals surface area contributed by atoms with Gasteiger partial charge in [-0.3, -0.25) is 9.78 Å². The molecule has 2 aromatic heterocycles. The molecule has 0 bridgehead atoms. The maximum Gasteiger partial charge on any atom is 0.335 e. The summed E-state index contributed by atoms with van der Waals surface area (Å²) in [7, 11) is 0. The van der Waals surface area contributed by atoms with Crippen molar-refractivity contribution in [1.29, 1.82) is 0 Å². The van der Waals surface area contributed by atoms with Crippen LogP contribution in [-0.4, -0.2) is 28.2 Å². The van der Waals surface area contributed by atoms with Crippen LogP contribution in [0.3, 0.4) is 0 Å². The molecule has 7 heteroatoms. The zero-order chi connectivity index (χ0) is 18.5. The summed E-state index contributed by atoms with van der Waals surface area (Å²) in [6.07, 6.45) is 2.84. The number of aryl methyl sites for hydroxylation is 1. The Morgan fingerprint density at radius 1 is 1.15 bits per heavy atom. The molecule has 26 heavy (non-hydrogen) atoms. The lowest BCUT2D eigenvalue weighted by molar-refractivity contribution is 0.0696. The summed E-state index contributed by atoms with van der Waals surface area (Å²) in [6.45, 7) is 1.83. The van der Waals surface area contributed by atoms with Crippen LogP contribution in [0.15, 0.2) is 64.2 Å². The lowest BCUT2D eigenvalue weighted by Crippen LogP contribution is -2.17. The summed E-state index contributed by atoms with van der Waals surface area (Å²) in [5.41, 5.74) is 4.43. The number of aromatic nitrogens is 1. The molecule has 0 atom stereocenters. The topological polar surface area (TPSA) is 105 Å². The number of carbonyl (C=O) groups excluding carboxylic acids is 1. The Bertz CT molecular complexity index is 974. The normalized spacial score (nSPS) is 10.8. The van der Waals surface area contributed by atoms with Crippen molar-refractivity contribution in [1.82, 2.24) is 10.4 Å². The van der Waals surface area contributed by atoms with E-state index in [2.05, 4.69) is 15.5 Å². The van der Waals surface area contributed by atoms with Crippen LogP contribution in [0.1, 0.15) is 32.2 Å². The van der Waals surface area contributed by atoms with Gasteiger partial charge in [-0.1, -0.05) is 12.1 Å². The van der Waals surface area contributed by atoms with E-state index < -0.39 is 5.97 Å². The highest BCUT2D eigenvalue weighted by atomic mass is 16.4. The summed E-state index contributed by atoms with van der Waals surface area (Å²) in [5, 5.41) is 12.9. The van der Waals surface area contributed by atoms with Gasteiger partial charge in [0.05, 0.1) is 17.3 Å². The number of pyridine rings is 1. The molecule has 2 heterocycles. The van der Waals surface area contributed by atoms with Crippen LogP contribution in [0.2, 0.25) is 0 Å².